The van der Waals surface area contributed by atoms with Crippen LogP contribution in [0.1, 0.15) is 23.2 Å². The van der Waals surface area contributed by atoms with Crippen LogP contribution in [-0.4, -0.2) is 39.3 Å². The van der Waals surface area contributed by atoms with Crippen molar-refractivity contribution in [3.63, 3.8) is 0 Å². The molecule has 1 unspecified atom stereocenters. The van der Waals surface area contributed by atoms with E-state index >= 15 is 0 Å². The maximum absolute atomic E-state index is 10.1. The molecule has 1 atom stereocenters. The molecule has 0 amide bonds. The highest BCUT2D eigenvalue weighted by Gasteiger charge is 2.29. The molecule has 0 bridgehead atoms. The first-order valence-electron chi connectivity index (χ1n) is 10.6. The van der Waals surface area contributed by atoms with Crippen LogP contribution in [0.15, 0.2) is 46.4 Å². The lowest BCUT2D eigenvalue weighted by atomic mass is 10.0. The van der Waals surface area contributed by atoms with E-state index in [1.54, 1.807) is 23.0 Å². The summed E-state index contributed by atoms with van der Waals surface area (Å²) in [6.45, 7) is 0.994. The van der Waals surface area contributed by atoms with Crippen LogP contribution in [0.25, 0.3) is 21.0 Å². The van der Waals surface area contributed by atoms with E-state index in [-0.39, 0.29) is 0 Å². The molecular weight excluding hydrogens is 520 g/mol. The first-order valence-corrected chi connectivity index (χ1v) is 13.7. The molecular formula is C24H17ClN6OS3. The maximum atomic E-state index is 10.1. The Morgan fingerprint density at radius 2 is 1.94 bits per heavy atom. The van der Waals surface area contributed by atoms with Gasteiger partial charge in [0.2, 0.25) is 0 Å². The number of nitrogens with zero attached hydrogens (tertiary/aromatic N) is 6. The number of rotatable bonds is 6. The van der Waals surface area contributed by atoms with E-state index in [0.29, 0.717) is 57.8 Å². The SMILES string of the molecule is N#Cc1c(SCc2csc(-c3ccc(Cl)cc3)n2)nc(N2CCC(O)C2)c(C#N)c1-c1cncs1. The average molecular weight is 537 g/mol. The summed E-state index contributed by atoms with van der Waals surface area (Å²) in [6.07, 6.45) is 1.80. The quantitative estimate of drug-likeness (QED) is 0.318. The zero-order valence-electron chi connectivity index (χ0n) is 18.2. The number of thioether (sulfide) groups is 1. The molecule has 4 heterocycles. The normalized spacial score (nSPS) is 15.2. The van der Waals surface area contributed by atoms with Crippen molar-refractivity contribution in [3.05, 3.63) is 63.2 Å². The van der Waals surface area contributed by atoms with Gasteiger partial charge in [-0.1, -0.05) is 35.5 Å². The molecule has 1 aliphatic heterocycles. The number of aromatic nitrogens is 3. The zero-order valence-corrected chi connectivity index (χ0v) is 21.4. The predicted molar refractivity (Wildman–Crippen MR) is 140 cm³/mol. The second kappa shape index (κ2) is 10.3. The van der Waals surface area contributed by atoms with Gasteiger partial charge in [0.1, 0.15) is 33.6 Å². The number of thiazole rings is 2. The first kappa shape index (κ1) is 23.7. The van der Waals surface area contributed by atoms with Crippen molar-refractivity contribution in [2.75, 3.05) is 18.0 Å². The Morgan fingerprint density at radius 1 is 1.14 bits per heavy atom. The molecule has 0 aliphatic carbocycles. The van der Waals surface area contributed by atoms with Gasteiger partial charge in [0.05, 0.1) is 27.7 Å². The van der Waals surface area contributed by atoms with Gasteiger partial charge in [-0.3, -0.25) is 4.98 Å². The molecule has 7 nitrogen and oxygen atoms in total. The Morgan fingerprint density at radius 3 is 2.60 bits per heavy atom. The van der Waals surface area contributed by atoms with E-state index in [0.717, 1.165) is 21.1 Å². The molecule has 35 heavy (non-hydrogen) atoms. The lowest BCUT2D eigenvalue weighted by Crippen LogP contribution is -2.24. The Hall–Kier alpha value is -2.99. The van der Waals surface area contributed by atoms with Gasteiger partial charge in [-0.25, -0.2) is 9.97 Å². The summed E-state index contributed by atoms with van der Waals surface area (Å²) in [4.78, 5) is 16.3. The minimum absolute atomic E-state index is 0.336. The maximum Gasteiger partial charge on any atom is 0.148 e. The fourth-order valence-electron chi connectivity index (χ4n) is 3.86. The summed E-state index contributed by atoms with van der Waals surface area (Å²) >= 11 is 10.3. The molecule has 0 saturated carbocycles. The fourth-order valence-corrected chi connectivity index (χ4v) is 6.47. The van der Waals surface area contributed by atoms with Crippen LogP contribution in [0.4, 0.5) is 5.82 Å². The molecule has 4 aromatic rings. The highest BCUT2D eigenvalue weighted by Crippen LogP contribution is 2.40. The minimum atomic E-state index is -0.469. The van der Waals surface area contributed by atoms with E-state index in [4.69, 9.17) is 21.6 Å². The third-order valence-electron chi connectivity index (χ3n) is 5.51. The van der Waals surface area contributed by atoms with Gasteiger partial charge >= 0.3 is 0 Å². The van der Waals surface area contributed by atoms with Gasteiger partial charge in [-0.2, -0.15) is 10.5 Å². The number of β-amino-alcohol motifs (C(OH)–C–C–N with tert-alkyl or cyclic N) is 1. The summed E-state index contributed by atoms with van der Waals surface area (Å²) in [5, 5.41) is 34.3. The number of hydrogen-bond donors (Lipinski definition) is 1. The number of hydrogen-bond acceptors (Lipinski definition) is 10. The Balaban J connectivity index is 1.51. The van der Waals surface area contributed by atoms with Crippen LogP contribution in [0.5, 0.6) is 0 Å². The summed E-state index contributed by atoms with van der Waals surface area (Å²) in [5.41, 5.74) is 4.78. The van der Waals surface area contributed by atoms with Crippen molar-refractivity contribution in [2.45, 2.75) is 23.3 Å². The van der Waals surface area contributed by atoms with Crippen LogP contribution in [0.3, 0.4) is 0 Å². The van der Waals surface area contributed by atoms with Crippen molar-refractivity contribution in [3.8, 4) is 33.2 Å². The van der Waals surface area contributed by atoms with Gasteiger partial charge in [-0.05, 0) is 18.6 Å². The molecule has 5 rings (SSSR count). The first-order chi connectivity index (χ1) is 17.1. The Labute approximate surface area is 219 Å². The van der Waals surface area contributed by atoms with Crippen LogP contribution in [-0.2, 0) is 5.75 Å². The highest BCUT2D eigenvalue weighted by molar-refractivity contribution is 7.98. The van der Waals surface area contributed by atoms with Crippen LogP contribution >= 0.6 is 46.0 Å². The second-order valence-electron chi connectivity index (χ2n) is 7.78. The van der Waals surface area contributed by atoms with Gasteiger partial charge < -0.3 is 10.0 Å². The number of benzene rings is 1. The third kappa shape index (κ3) is 4.90. The smallest absolute Gasteiger partial charge is 0.148 e. The molecule has 0 radical (unpaired) electrons. The van der Waals surface area contributed by atoms with Crippen LogP contribution in [0.2, 0.25) is 5.02 Å². The van der Waals surface area contributed by atoms with Gasteiger partial charge in [0, 0.05) is 46.6 Å². The van der Waals surface area contributed by atoms with E-state index in [1.165, 1.54) is 23.1 Å². The van der Waals surface area contributed by atoms with Crippen LogP contribution < -0.4 is 4.90 Å². The molecule has 1 aromatic carbocycles. The lowest BCUT2D eigenvalue weighted by Gasteiger charge is -2.21. The molecule has 1 N–H and O–H groups in total. The average Bonchev–Trinajstić information content (AvgIpc) is 3.64. The molecule has 0 spiro atoms. The topological polar surface area (TPSA) is 110 Å². The minimum Gasteiger partial charge on any atom is -0.391 e. The van der Waals surface area contributed by atoms with E-state index in [9.17, 15) is 15.6 Å². The lowest BCUT2D eigenvalue weighted by molar-refractivity contribution is 0.198. The summed E-state index contributed by atoms with van der Waals surface area (Å²) in [7, 11) is 0. The molecule has 11 heteroatoms. The zero-order chi connectivity index (χ0) is 24.4. The van der Waals surface area contributed by atoms with Gasteiger partial charge in [-0.15, -0.1) is 22.7 Å². The van der Waals surface area contributed by atoms with Crippen LogP contribution in [0, 0.1) is 22.7 Å². The highest BCUT2D eigenvalue weighted by atomic mass is 35.5. The molecule has 1 saturated heterocycles. The van der Waals surface area contributed by atoms with Crippen molar-refractivity contribution < 1.29 is 5.11 Å². The van der Waals surface area contributed by atoms with Crippen molar-refractivity contribution in [2.24, 2.45) is 0 Å². The third-order valence-corrected chi connectivity index (χ3v) is 8.50. The predicted octanol–water partition coefficient (Wildman–Crippen LogP) is 5.59. The molecule has 3 aromatic heterocycles. The van der Waals surface area contributed by atoms with E-state index in [2.05, 4.69) is 17.1 Å². The van der Waals surface area contributed by atoms with Gasteiger partial charge in [0.15, 0.2) is 0 Å². The van der Waals surface area contributed by atoms with Crippen molar-refractivity contribution in [1.29, 1.82) is 10.5 Å². The Kier molecular flexibility index (Phi) is 7.00. The number of halogens is 1. The second-order valence-corrected chi connectivity index (χ2v) is 10.9. The van der Waals surface area contributed by atoms with Gasteiger partial charge in [0.25, 0.3) is 0 Å². The number of nitriles is 2. The number of anilines is 1. The van der Waals surface area contributed by atoms with Crippen molar-refractivity contribution in [1.82, 2.24) is 15.0 Å². The molecule has 1 fully saturated rings. The molecule has 1 aliphatic rings. The van der Waals surface area contributed by atoms with Crippen molar-refractivity contribution >= 4 is 51.9 Å². The largest absolute Gasteiger partial charge is 0.391 e. The monoisotopic (exact) mass is 536 g/mol. The van der Waals surface area contributed by atoms with E-state index < -0.39 is 6.10 Å². The number of aliphatic hydroxyl groups excluding tert-OH is 1. The Bertz CT molecular complexity index is 1440. The summed E-state index contributed by atoms with van der Waals surface area (Å²) in [6, 6.07) is 12.1. The standard InChI is InChI=1S/C24H17ClN6OS3/c25-15-3-1-14(2-4-15)23-29-16(11-33-23)12-34-24-19(8-27)21(20-9-28-13-35-20)18(7-26)22(30-24)31-6-5-17(32)10-31/h1-4,9,11,13,17,32H,5-6,10,12H2. The number of aliphatic hydroxyl groups is 1. The molecule has 174 valence electrons. The summed E-state index contributed by atoms with van der Waals surface area (Å²) in [5.74, 6) is 1.01. The van der Waals surface area contributed by atoms with E-state index in [1.807, 2.05) is 34.5 Å². The summed E-state index contributed by atoms with van der Waals surface area (Å²) < 4.78 is 0. The number of pyridine rings is 1. The fraction of sp³-hybridized carbons (Fsp3) is 0.208.